The van der Waals surface area contributed by atoms with Gasteiger partial charge in [0.15, 0.2) is 0 Å². The minimum atomic E-state index is 0.593. The van der Waals surface area contributed by atoms with Gasteiger partial charge in [-0.3, -0.25) is 4.90 Å². The number of nitriles is 1. The van der Waals surface area contributed by atoms with Gasteiger partial charge in [-0.2, -0.15) is 5.26 Å². The van der Waals surface area contributed by atoms with Gasteiger partial charge in [0.2, 0.25) is 0 Å². The van der Waals surface area contributed by atoms with Crippen molar-refractivity contribution in [1.29, 1.82) is 5.26 Å². The lowest BCUT2D eigenvalue weighted by Gasteiger charge is -2.26. The number of nitrogens with one attached hydrogen (secondary N) is 1. The molecule has 1 aromatic heterocycles. The molecule has 0 amide bonds. The van der Waals surface area contributed by atoms with Crippen LogP contribution in [0.4, 0.5) is 5.82 Å². The summed E-state index contributed by atoms with van der Waals surface area (Å²) in [4.78, 5) is 6.90. The summed E-state index contributed by atoms with van der Waals surface area (Å²) in [6, 6.07) is 12.0. The van der Waals surface area contributed by atoms with Crippen molar-refractivity contribution in [3.05, 3.63) is 35.9 Å². The van der Waals surface area contributed by atoms with E-state index in [0.29, 0.717) is 11.4 Å². The first-order chi connectivity index (χ1) is 10.4. The number of nitrogens with zero attached hydrogens (tertiary/aromatic N) is 3. The van der Waals surface area contributed by atoms with Gasteiger partial charge in [0.1, 0.15) is 11.9 Å². The van der Waals surface area contributed by atoms with Gasteiger partial charge in [-0.25, -0.2) is 4.98 Å². The summed E-state index contributed by atoms with van der Waals surface area (Å²) in [6.45, 7) is 5.26. The number of hydrogen-bond donors (Lipinski definition) is 1. The molecule has 2 heterocycles. The van der Waals surface area contributed by atoms with Crippen molar-refractivity contribution in [2.24, 2.45) is 0 Å². The van der Waals surface area contributed by atoms with Crippen LogP contribution >= 0.6 is 0 Å². The third-order valence-corrected chi connectivity index (χ3v) is 3.67. The molecule has 0 unspecified atom stereocenters. The van der Waals surface area contributed by atoms with Crippen LogP contribution in [-0.2, 0) is 4.74 Å². The summed E-state index contributed by atoms with van der Waals surface area (Å²) in [5, 5.41) is 13.5. The van der Waals surface area contributed by atoms with Crippen LogP contribution in [0.5, 0.6) is 0 Å². The van der Waals surface area contributed by atoms with Crippen LogP contribution in [0, 0.1) is 11.3 Å². The molecule has 1 aliphatic rings. The Hall–Kier alpha value is -2.16. The highest BCUT2D eigenvalue weighted by Crippen LogP contribution is 2.19. The standard InChI is InChI=1S/C16H18N4O/c17-12-14-11-13-3-1-2-4-15(13)19-16(14)18-5-6-20-7-9-21-10-8-20/h1-4,11H,5-10H2,(H,18,19). The first-order valence-corrected chi connectivity index (χ1v) is 7.21. The maximum Gasteiger partial charge on any atom is 0.144 e. The summed E-state index contributed by atoms with van der Waals surface area (Å²) in [6.07, 6.45) is 0. The van der Waals surface area contributed by atoms with Gasteiger partial charge in [0.25, 0.3) is 0 Å². The van der Waals surface area contributed by atoms with E-state index in [2.05, 4.69) is 21.3 Å². The van der Waals surface area contributed by atoms with Crippen LogP contribution in [0.25, 0.3) is 10.9 Å². The summed E-state index contributed by atoms with van der Waals surface area (Å²) >= 11 is 0. The van der Waals surface area contributed by atoms with E-state index in [1.54, 1.807) is 0 Å². The fourth-order valence-corrected chi connectivity index (χ4v) is 2.49. The van der Waals surface area contributed by atoms with Crippen molar-refractivity contribution in [2.45, 2.75) is 0 Å². The van der Waals surface area contributed by atoms with Crippen LogP contribution in [0.2, 0.25) is 0 Å². The van der Waals surface area contributed by atoms with Crippen molar-refractivity contribution in [1.82, 2.24) is 9.88 Å². The van der Waals surface area contributed by atoms with Crippen LogP contribution in [-0.4, -0.2) is 49.3 Å². The monoisotopic (exact) mass is 282 g/mol. The molecule has 3 rings (SSSR count). The average molecular weight is 282 g/mol. The van der Waals surface area contributed by atoms with Crippen LogP contribution < -0.4 is 5.32 Å². The Morgan fingerprint density at radius 2 is 2.10 bits per heavy atom. The molecule has 0 spiro atoms. The van der Waals surface area contributed by atoms with E-state index >= 15 is 0 Å². The molecule has 0 aliphatic carbocycles. The molecular weight excluding hydrogens is 264 g/mol. The minimum absolute atomic E-state index is 0.593. The zero-order chi connectivity index (χ0) is 14.5. The zero-order valence-corrected chi connectivity index (χ0v) is 11.9. The quantitative estimate of drug-likeness (QED) is 0.927. The third-order valence-electron chi connectivity index (χ3n) is 3.67. The Morgan fingerprint density at radius 1 is 1.29 bits per heavy atom. The molecule has 108 valence electrons. The van der Waals surface area contributed by atoms with E-state index < -0.39 is 0 Å². The van der Waals surface area contributed by atoms with E-state index in [-0.39, 0.29) is 0 Å². The lowest BCUT2D eigenvalue weighted by atomic mass is 10.1. The molecular formula is C16H18N4O. The molecule has 2 aromatic rings. The maximum absolute atomic E-state index is 9.27. The van der Waals surface area contributed by atoms with Crippen molar-refractivity contribution in [3.8, 4) is 6.07 Å². The number of fused-ring (bicyclic) bond motifs is 1. The van der Waals surface area contributed by atoms with Crippen molar-refractivity contribution in [2.75, 3.05) is 44.7 Å². The smallest absolute Gasteiger partial charge is 0.144 e. The zero-order valence-electron chi connectivity index (χ0n) is 11.9. The Bertz CT molecular complexity index is 659. The van der Waals surface area contributed by atoms with Gasteiger partial charge < -0.3 is 10.1 Å². The van der Waals surface area contributed by atoms with Gasteiger partial charge >= 0.3 is 0 Å². The van der Waals surface area contributed by atoms with Crippen LogP contribution in [0.1, 0.15) is 5.56 Å². The van der Waals surface area contributed by atoms with Gasteiger partial charge in [-0.05, 0) is 12.1 Å². The fraction of sp³-hybridized carbons (Fsp3) is 0.375. The molecule has 1 N–H and O–H groups in total. The molecule has 0 bridgehead atoms. The Labute approximate surface area is 124 Å². The third kappa shape index (κ3) is 3.30. The average Bonchev–Trinajstić information content (AvgIpc) is 2.55. The molecule has 1 fully saturated rings. The predicted molar refractivity (Wildman–Crippen MR) is 82.2 cm³/mol. The van der Waals surface area contributed by atoms with E-state index in [9.17, 15) is 5.26 Å². The van der Waals surface area contributed by atoms with Gasteiger partial charge in [0, 0.05) is 31.6 Å². The van der Waals surface area contributed by atoms with Crippen molar-refractivity contribution < 1.29 is 4.74 Å². The lowest BCUT2D eigenvalue weighted by molar-refractivity contribution is 0.0398. The number of ether oxygens (including phenoxy) is 1. The number of benzene rings is 1. The number of aromatic nitrogens is 1. The number of pyridine rings is 1. The topological polar surface area (TPSA) is 61.2 Å². The van der Waals surface area contributed by atoms with E-state index in [0.717, 1.165) is 50.3 Å². The number of morpholine rings is 1. The van der Waals surface area contributed by atoms with Gasteiger partial charge in [-0.15, -0.1) is 0 Å². The van der Waals surface area contributed by atoms with E-state index in [4.69, 9.17) is 4.74 Å². The van der Waals surface area contributed by atoms with E-state index in [1.165, 1.54) is 0 Å². The lowest BCUT2D eigenvalue weighted by Crippen LogP contribution is -2.39. The largest absolute Gasteiger partial charge is 0.379 e. The maximum atomic E-state index is 9.27. The van der Waals surface area contributed by atoms with Crippen molar-refractivity contribution in [3.63, 3.8) is 0 Å². The first-order valence-electron chi connectivity index (χ1n) is 7.21. The van der Waals surface area contributed by atoms with Gasteiger partial charge in [0.05, 0.1) is 24.3 Å². The molecule has 0 saturated carbocycles. The Morgan fingerprint density at radius 3 is 2.90 bits per heavy atom. The second-order valence-electron chi connectivity index (χ2n) is 5.07. The highest BCUT2D eigenvalue weighted by molar-refractivity contribution is 5.82. The summed E-state index contributed by atoms with van der Waals surface area (Å²) in [7, 11) is 0. The summed E-state index contributed by atoms with van der Waals surface area (Å²) in [5.74, 6) is 0.671. The fourth-order valence-electron chi connectivity index (χ4n) is 2.49. The normalized spacial score (nSPS) is 15.8. The van der Waals surface area contributed by atoms with E-state index in [1.807, 2.05) is 30.3 Å². The minimum Gasteiger partial charge on any atom is -0.379 e. The van der Waals surface area contributed by atoms with Crippen LogP contribution in [0.3, 0.4) is 0 Å². The Kier molecular flexibility index (Phi) is 4.29. The molecule has 21 heavy (non-hydrogen) atoms. The molecule has 1 aliphatic heterocycles. The van der Waals surface area contributed by atoms with Crippen LogP contribution in [0.15, 0.2) is 30.3 Å². The van der Waals surface area contributed by atoms with Gasteiger partial charge in [-0.1, -0.05) is 18.2 Å². The number of para-hydroxylation sites is 1. The highest BCUT2D eigenvalue weighted by atomic mass is 16.5. The summed E-state index contributed by atoms with van der Waals surface area (Å²) in [5.41, 5.74) is 1.50. The molecule has 5 nitrogen and oxygen atoms in total. The molecule has 0 radical (unpaired) electrons. The molecule has 1 saturated heterocycles. The number of anilines is 1. The summed E-state index contributed by atoms with van der Waals surface area (Å²) < 4.78 is 5.33. The SMILES string of the molecule is N#Cc1cc2ccccc2nc1NCCN1CCOCC1. The number of rotatable bonds is 4. The number of hydrogen-bond acceptors (Lipinski definition) is 5. The first kappa shape index (κ1) is 13.8. The Balaban J connectivity index is 1.69. The molecule has 1 aromatic carbocycles. The second kappa shape index (κ2) is 6.53. The molecule has 0 atom stereocenters. The highest BCUT2D eigenvalue weighted by Gasteiger charge is 2.10. The molecule has 5 heteroatoms. The second-order valence-corrected chi connectivity index (χ2v) is 5.07. The van der Waals surface area contributed by atoms with Crippen molar-refractivity contribution >= 4 is 16.7 Å². The predicted octanol–water partition coefficient (Wildman–Crippen LogP) is 1.85.